The molecule has 3 aromatic carbocycles. The molecule has 4 bridgehead atoms. The highest BCUT2D eigenvalue weighted by Crippen LogP contribution is 2.59. The number of carbonyl (C=O) groups is 1. The molecule has 46 heavy (non-hydrogen) atoms. The molecule has 5 aliphatic rings. The molecule has 1 saturated heterocycles. The topological polar surface area (TPSA) is 70.6 Å². The smallest absolute Gasteiger partial charge is 0.271 e. The van der Waals surface area contributed by atoms with Gasteiger partial charge in [0.15, 0.2) is 11.5 Å². The molecule has 0 atom stereocenters. The predicted molar refractivity (Wildman–Crippen MR) is 183 cm³/mol. The number of carbonyl (C=O) groups excluding carboxylic acids is 1. The number of benzene rings is 3. The number of nitrogens with one attached hydrogen (secondary N) is 1. The Morgan fingerprint density at radius 1 is 0.848 bits per heavy atom. The van der Waals surface area contributed by atoms with Crippen LogP contribution in [0, 0.1) is 23.2 Å². The summed E-state index contributed by atoms with van der Waals surface area (Å²) >= 11 is 0. The average Bonchev–Trinajstić information content (AvgIpc) is 3.07. The van der Waals surface area contributed by atoms with E-state index in [-0.39, 0.29) is 5.91 Å². The minimum absolute atomic E-state index is 0.0835. The van der Waals surface area contributed by atoms with Gasteiger partial charge < -0.3 is 15.0 Å². The average molecular weight is 616 g/mol. The summed E-state index contributed by atoms with van der Waals surface area (Å²) in [5.74, 6) is 4.33. The van der Waals surface area contributed by atoms with Crippen LogP contribution in [0.15, 0.2) is 72.8 Å². The molecule has 9 rings (SSSR count). The van der Waals surface area contributed by atoms with Crippen molar-refractivity contribution in [1.82, 2.24) is 20.4 Å². The third-order valence-corrected chi connectivity index (χ3v) is 11.2. The number of amides is 1. The van der Waals surface area contributed by atoms with Crippen molar-refractivity contribution in [3.05, 3.63) is 84.1 Å². The van der Waals surface area contributed by atoms with Crippen molar-refractivity contribution in [3.63, 3.8) is 0 Å². The zero-order valence-electron chi connectivity index (χ0n) is 27.0. The van der Waals surface area contributed by atoms with E-state index in [2.05, 4.69) is 79.9 Å². The number of aromatic nitrogens is 2. The molecule has 0 radical (unpaired) electrons. The molecular formula is C39H45N5O2. The van der Waals surface area contributed by atoms with Gasteiger partial charge in [0, 0.05) is 39.3 Å². The third kappa shape index (κ3) is 5.86. The molecule has 1 amide bonds. The van der Waals surface area contributed by atoms with E-state index in [0.29, 0.717) is 17.7 Å². The van der Waals surface area contributed by atoms with Crippen molar-refractivity contribution < 1.29 is 9.53 Å². The first-order chi connectivity index (χ1) is 22.5. The molecule has 4 aliphatic carbocycles. The Morgan fingerprint density at radius 3 is 2.28 bits per heavy atom. The Labute approximate surface area is 272 Å². The van der Waals surface area contributed by atoms with Gasteiger partial charge >= 0.3 is 0 Å². The van der Waals surface area contributed by atoms with E-state index in [4.69, 9.17) is 4.74 Å². The summed E-state index contributed by atoms with van der Waals surface area (Å²) in [5.41, 5.74) is 4.50. The second-order valence-corrected chi connectivity index (χ2v) is 14.4. The second kappa shape index (κ2) is 12.3. The van der Waals surface area contributed by atoms with Gasteiger partial charge in [-0.2, -0.15) is 0 Å². The highest BCUT2D eigenvalue weighted by Gasteiger charge is 2.50. The van der Waals surface area contributed by atoms with Crippen LogP contribution in [-0.4, -0.2) is 60.3 Å². The van der Waals surface area contributed by atoms with Crippen molar-refractivity contribution in [1.29, 1.82) is 0 Å². The molecule has 7 heteroatoms. The first kappa shape index (κ1) is 29.4. The number of rotatable bonds is 9. The lowest BCUT2D eigenvalue weighted by atomic mass is 9.49. The highest BCUT2D eigenvalue weighted by atomic mass is 16.5. The Bertz CT molecular complexity index is 1680. The van der Waals surface area contributed by atoms with Gasteiger partial charge in [0.05, 0.1) is 6.61 Å². The number of hydrogen-bond acceptors (Lipinski definition) is 6. The third-order valence-electron chi connectivity index (χ3n) is 11.2. The summed E-state index contributed by atoms with van der Waals surface area (Å²) in [6, 6.07) is 25.5. The zero-order valence-corrected chi connectivity index (χ0v) is 27.0. The van der Waals surface area contributed by atoms with Crippen molar-refractivity contribution in [2.75, 3.05) is 44.2 Å². The molecule has 5 fully saturated rings. The first-order valence-electron chi connectivity index (χ1n) is 17.4. The Balaban J connectivity index is 0.878. The molecule has 1 aromatic heterocycles. The molecule has 238 valence electrons. The van der Waals surface area contributed by atoms with Crippen LogP contribution in [0.25, 0.3) is 21.9 Å². The normalized spacial score (nSPS) is 25.6. The van der Waals surface area contributed by atoms with Crippen molar-refractivity contribution in [3.8, 4) is 16.9 Å². The summed E-state index contributed by atoms with van der Waals surface area (Å²) in [5, 5.41) is 14.7. The van der Waals surface area contributed by atoms with Gasteiger partial charge in [-0.25, -0.2) is 0 Å². The minimum atomic E-state index is -0.0835. The van der Waals surface area contributed by atoms with Gasteiger partial charge in [0.2, 0.25) is 0 Å². The molecule has 7 nitrogen and oxygen atoms in total. The summed E-state index contributed by atoms with van der Waals surface area (Å²) in [4.78, 5) is 17.8. The molecule has 4 aromatic rings. The van der Waals surface area contributed by atoms with Gasteiger partial charge in [0.1, 0.15) is 5.75 Å². The fourth-order valence-corrected chi connectivity index (χ4v) is 9.53. The van der Waals surface area contributed by atoms with Crippen LogP contribution in [0.3, 0.4) is 0 Å². The number of nitrogens with zero attached hydrogens (tertiary/aromatic N) is 4. The van der Waals surface area contributed by atoms with Crippen molar-refractivity contribution in [2.45, 2.75) is 52.0 Å². The fourth-order valence-electron chi connectivity index (χ4n) is 9.53. The van der Waals surface area contributed by atoms with E-state index in [1.165, 1.54) is 66.0 Å². The maximum Gasteiger partial charge on any atom is 0.271 e. The van der Waals surface area contributed by atoms with Gasteiger partial charge in [-0.3, -0.25) is 9.69 Å². The lowest BCUT2D eigenvalue weighted by Crippen LogP contribution is -2.51. The molecule has 0 spiro atoms. The number of piperazine rings is 1. The standard InChI is InChI=1S/C39H45N5O2/c1-2-46-32-7-5-6-30(21-32)34-11-10-31(33-8-3-4-9-35(33)34)25-43-14-16-44(17-15-43)37-13-12-36(41-42-37)38(45)40-26-39-22-27-18-28(23-39)20-29(19-27)24-39/h3-13,21,27-29H,2,14-20,22-26H2,1H3,(H,40,45). The maximum absolute atomic E-state index is 13.0. The second-order valence-electron chi connectivity index (χ2n) is 14.4. The van der Waals surface area contributed by atoms with Crippen LogP contribution in [-0.2, 0) is 6.54 Å². The number of fused-ring (bicyclic) bond motifs is 1. The van der Waals surface area contributed by atoms with E-state index < -0.39 is 0 Å². The van der Waals surface area contributed by atoms with E-state index in [9.17, 15) is 4.79 Å². The Morgan fingerprint density at radius 2 is 1.59 bits per heavy atom. The highest BCUT2D eigenvalue weighted by molar-refractivity contribution is 5.98. The Kier molecular flexibility index (Phi) is 7.89. The van der Waals surface area contributed by atoms with E-state index in [0.717, 1.165) is 68.6 Å². The molecular weight excluding hydrogens is 570 g/mol. The molecule has 1 N–H and O–H groups in total. The molecule has 0 unspecified atom stereocenters. The van der Waals surface area contributed by atoms with E-state index >= 15 is 0 Å². The van der Waals surface area contributed by atoms with Gasteiger partial charge in [-0.1, -0.05) is 48.5 Å². The van der Waals surface area contributed by atoms with E-state index in [1.54, 1.807) is 0 Å². The van der Waals surface area contributed by atoms with Crippen LogP contribution in [0.5, 0.6) is 5.75 Å². The fraction of sp³-hybridized carbons (Fsp3) is 0.462. The molecule has 2 heterocycles. The van der Waals surface area contributed by atoms with Crippen LogP contribution in [0.2, 0.25) is 0 Å². The lowest BCUT2D eigenvalue weighted by Gasteiger charge is -2.56. The quantitative estimate of drug-likeness (QED) is 0.220. The Hall–Kier alpha value is -3.97. The number of anilines is 1. The largest absolute Gasteiger partial charge is 0.494 e. The lowest BCUT2D eigenvalue weighted by molar-refractivity contribution is -0.0503. The first-order valence-corrected chi connectivity index (χ1v) is 17.4. The predicted octanol–water partition coefficient (Wildman–Crippen LogP) is 6.96. The number of hydrogen-bond donors (Lipinski definition) is 1. The molecule has 1 aliphatic heterocycles. The minimum Gasteiger partial charge on any atom is -0.494 e. The van der Waals surface area contributed by atoms with Gasteiger partial charge in [0.25, 0.3) is 5.91 Å². The zero-order chi connectivity index (χ0) is 31.1. The van der Waals surface area contributed by atoms with Gasteiger partial charge in [-0.15, -0.1) is 10.2 Å². The van der Waals surface area contributed by atoms with Crippen molar-refractivity contribution >= 4 is 22.5 Å². The van der Waals surface area contributed by atoms with Crippen molar-refractivity contribution in [2.24, 2.45) is 23.2 Å². The summed E-state index contributed by atoms with van der Waals surface area (Å²) < 4.78 is 5.77. The van der Waals surface area contributed by atoms with Crippen LogP contribution >= 0.6 is 0 Å². The van der Waals surface area contributed by atoms with E-state index in [1.807, 2.05) is 25.1 Å². The summed E-state index contributed by atoms with van der Waals surface area (Å²) in [7, 11) is 0. The van der Waals surface area contributed by atoms with Crippen LogP contribution in [0.4, 0.5) is 5.82 Å². The van der Waals surface area contributed by atoms with Crippen LogP contribution < -0.4 is 15.0 Å². The summed E-state index contributed by atoms with van der Waals surface area (Å²) in [6.07, 6.45) is 8.14. The monoisotopic (exact) mass is 615 g/mol. The van der Waals surface area contributed by atoms with Crippen LogP contribution in [0.1, 0.15) is 61.5 Å². The summed E-state index contributed by atoms with van der Waals surface area (Å²) in [6.45, 7) is 8.03. The maximum atomic E-state index is 13.0. The van der Waals surface area contributed by atoms with Gasteiger partial charge in [-0.05, 0) is 120 Å². The SMILES string of the molecule is CCOc1cccc(-c2ccc(CN3CCN(c4ccc(C(=O)NCC56CC7CC(CC(C7)C5)C6)nn4)CC3)c3ccccc23)c1. The number of ether oxygens (including phenoxy) is 1. The molecule has 4 saturated carbocycles.